The first-order chi connectivity index (χ1) is 5.83. The molecule has 2 saturated carbocycles. The summed E-state index contributed by atoms with van der Waals surface area (Å²) in [6.07, 6.45) is 10.0. The van der Waals surface area contributed by atoms with Crippen LogP contribution in [-0.4, -0.2) is 11.2 Å². The molecule has 1 nitrogen and oxygen atoms in total. The number of hydrogen-bond acceptors (Lipinski definition) is 1. The van der Waals surface area contributed by atoms with Gasteiger partial charge in [0.05, 0.1) is 6.10 Å². The SMILES string of the molecule is O[C@@H]1C=C2CCC[C@@]23CCC[C@@H]13. The van der Waals surface area contributed by atoms with Crippen molar-refractivity contribution in [2.24, 2.45) is 11.3 Å². The third-order valence-electron chi connectivity index (χ3n) is 4.34. The van der Waals surface area contributed by atoms with E-state index in [1.54, 1.807) is 5.57 Å². The van der Waals surface area contributed by atoms with E-state index in [-0.39, 0.29) is 6.10 Å². The number of aliphatic hydroxyl groups is 1. The van der Waals surface area contributed by atoms with Crippen LogP contribution in [0.2, 0.25) is 0 Å². The van der Waals surface area contributed by atoms with E-state index in [1.165, 1.54) is 38.5 Å². The van der Waals surface area contributed by atoms with Crippen LogP contribution in [0.5, 0.6) is 0 Å². The molecule has 3 rings (SSSR count). The largest absolute Gasteiger partial charge is 0.389 e. The highest BCUT2D eigenvalue weighted by Gasteiger charge is 2.53. The quantitative estimate of drug-likeness (QED) is 0.544. The fraction of sp³-hybridized carbons (Fsp3) is 0.818. The molecule has 66 valence electrons. The molecule has 0 aromatic rings. The lowest BCUT2D eigenvalue weighted by Crippen LogP contribution is -2.25. The van der Waals surface area contributed by atoms with Crippen LogP contribution in [0.1, 0.15) is 38.5 Å². The van der Waals surface area contributed by atoms with Crippen LogP contribution in [0.4, 0.5) is 0 Å². The van der Waals surface area contributed by atoms with Gasteiger partial charge >= 0.3 is 0 Å². The summed E-state index contributed by atoms with van der Waals surface area (Å²) in [6.45, 7) is 0. The van der Waals surface area contributed by atoms with Gasteiger partial charge in [-0.1, -0.05) is 18.1 Å². The molecule has 3 aliphatic carbocycles. The van der Waals surface area contributed by atoms with Crippen molar-refractivity contribution in [2.75, 3.05) is 0 Å². The summed E-state index contributed by atoms with van der Waals surface area (Å²) in [5.74, 6) is 0.606. The fourth-order valence-corrected chi connectivity index (χ4v) is 3.88. The summed E-state index contributed by atoms with van der Waals surface area (Å²) < 4.78 is 0. The minimum atomic E-state index is -0.0946. The predicted molar refractivity (Wildman–Crippen MR) is 47.7 cm³/mol. The molecule has 0 unspecified atom stereocenters. The second kappa shape index (κ2) is 2.14. The van der Waals surface area contributed by atoms with Crippen molar-refractivity contribution in [2.45, 2.75) is 44.6 Å². The second-order valence-corrected chi connectivity index (χ2v) is 4.69. The van der Waals surface area contributed by atoms with Crippen LogP contribution in [0.25, 0.3) is 0 Å². The first-order valence-corrected chi connectivity index (χ1v) is 5.22. The third kappa shape index (κ3) is 0.646. The molecule has 0 bridgehead atoms. The van der Waals surface area contributed by atoms with Crippen LogP contribution in [0.15, 0.2) is 11.6 Å². The van der Waals surface area contributed by atoms with E-state index < -0.39 is 0 Å². The summed E-state index contributed by atoms with van der Waals surface area (Å²) in [5.41, 5.74) is 2.11. The summed E-state index contributed by atoms with van der Waals surface area (Å²) in [5, 5.41) is 9.82. The van der Waals surface area contributed by atoms with Crippen molar-refractivity contribution in [3.8, 4) is 0 Å². The zero-order chi connectivity index (χ0) is 8.18. The molecule has 3 aliphatic rings. The zero-order valence-electron chi connectivity index (χ0n) is 7.42. The number of allylic oxidation sites excluding steroid dienone is 1. The molecule has 0 saturated heterocycles. The van der Waals surface area contributed by atoms with Gasteiger partial charge in [-0.05, 0) is 43.4 Å². The summed E-state index contributed by atoms with van der Waals surface area (Å²) in [4.78, 5) is 0. The van der Waals surface area contributed by atoms with Gasteiger partial charge < -0.3 is 5.11 Å². The lowest BCUT2D eigenvalue weighted by molar-refractivity contribution is 0.113. The minimum absolute atomic E-state index is 0.0946. The van der Waals surface area contributed by atoms with Crippen molar-refractivity contribution < 1.29 is 5.11 Å². The smallest absolute Gasteiger partial charge is 0.0760 e. The number of hydrogen-bond donors (Lipinski definition) is 1. The van der Waals surface area contributed by atoms with Gasteiger partial charge in [-0.15, -0.1) is 0 Å². The van der Waals surface area contributed by atoms with E-state index in [1.807, 2.05) is 0 Å². The molecule has 0 aliphatic heterocycles. The second-order valence-electron chi connectivity index (χ2n) is 4.69. The van der Waals surface area contributed by atoms with Gasteiger partial charge in [0.15, 0.2) is 0 Å². The first-order valence-electron chi connectivity index (χ1n) is 5.22. The maximum atomic E-state index is 9.82. The first kappa shape index (κ1) is 7.14. The van der Waals surface area contributed by atoms with Crippen molar-refractivity contribution in [3.63, 3.8) is 0 Å². The third-order valence-corrected chi connectivity index (χ3v) is 4.34. The van der Waals surface area contributed by atoms with Crippen LogP contribution >= 0.6 is 0 Å². The normalized spacial score (nSPS) is 50.6. The van der Waals surface area contributed by atoms with Crippen LogP contribution in [-0.2, 0) is 0 Å². The van der Waals surface area contributed by atoms with Gasteiger partial charge in [0.25, 0.3) is 0 Å². The average molecular weight is 164 g/mol. The molecule has 1 heteroatoms. The molecule has 0 aromatic heterocycles. The Hall–Kier alpha value is -0.300. The average Bonchev–Trinajstić information content (AvgIpc) is 2.63. The van der Waals surface area contributed by atoms with Crippen molar-refractivity contribution in [3.05, 3.63) is 11.6 Å². The highest BCUT2D eigenvalue weighted by Crippen LogP contribution is 2.61. The molecule has 12 heavy (non-hydrogen) atoms. The predicted octanol–water partition coefficient (Wildman–Crippen LogP) is 2.26. The molecule has 0 aromatic carbocycles. The van der Waals surface area contributed by atoms with Gasteiger partial charge in [-0.3, -0.25) is 0 Å². The van der Waals surface area contributed by atoms with Crippen LogP contribution < -0.4 is 0 Å². The molecule has 1 N–H and O–H groups in total. The molecule has 1 spiro atoms. The van der Waals surface area contributed by atoms with Gasteiger partial charge in [-0.25, -0.2) is 0 Å². The minimum Gasteiger partial charge on any atom is -0.389 e. The van der Waals surface area contributed by atoms with Gasteiger partial charge in [-0.2, -0.15) is 0 Å². The van der Waals surface area contributed by atoms with Crippen molar-refractivity contribution >= 4 is 0 Å². The topological polar surface area (TPSA) is 20.2 Å². The lowest BCUT2D eigenvalue weighted by atomic mass is 9.77. The summed E-state index contributed by atoms with van der Waals surface area (Å²) >= 11 is 0. The van der Waals surface area contributed by atoms with Crippen LogP contribution in [0, 0.1) is 11.3 Å². The standard InChI is InChI=1S/C11H16O/c12-10-7-8-3-1-5-11(8)6-2-4-9(10)11/h7,9-10,12H,1-6H2/t9-,10+,11+/m0/s1. The summed E-state index contributed by atoms with van der Waals surface area (Å²) in [6, 6.07) is 0. The zero-order valence-corrected chi connectivity index (χ0v) is 7.42. The Kier molecular flexibility index (Phi) is 1.27. The van der Waals surface area contributed by atoms with Crippen molar-refractivity contribution in [1.29, 1.82) is 0 Å². The molecule has 2 fully saturated rings. The van der Waals surface area contributed by atoms with Crippen LogP contribution in [0.3, 0.4) is 0 Å². The van der Waals surface area contributed by atoms with E-state index in [9.17, 15) is 5.11 Å². The van der Waals surface area contributed by atoms with E-state index in [0.717, 1.165) is 0 Å². The van der Waals surface area contributed by atoms with Gasteiger partial charge in [0, 0.05) is 0 Å². The monoisotopic (exact) mass is 164 g/mol. The highest BCUT2D eigenvalue weighted by molar-refractivity contribution is 5.31. The Labute approximate surface area is 73.5 Å². The number of rotatable bonds is 0. The number of aliphatic hydroxyl groups excluding tert-OH is 1. The molecule has 0 amide bonds. The van der Waals surface area contributed by atoms with E-state index in [0.29, 0.717) is 11.3 Å². The maximum Gasteiger partial charge on any atom is 0.0760 e. The van der Waals surface area contributed by atoms with Gasteiger partial charge in [0.2, 0.25) is 0 Å². The molecule has 0 heterocycles. The fourth-order valence-electron chi connectivity index (χ4n) is 3.88. The molecular weight excluding hydrogens is 148 g/mol. The molecule has 3 atom stereocenters. The highest BCUT2D eigenvalue weighted by atomic mass is 16.3. The Morgan fingerprint density at radius 3 is 3.08 bits per heavy atom. The summed E-state index contributed by atoms with van der Waals surface area (Å²) in [7, 11) is 0. The van der Waals surface area contributed by atoms with E-state index in [4.69, 9.17) is 0 Å². The Balaban J connectivity index is 2.06. The van der Waals surface area contributed by atoms with E-state index >= 15 is 0 Å². The van der Waals surface area contributed by atoms with E-state index in [2.05, 4.69) is 6.08 Å². The molecule has 0 radical (unpaired) electrons. The Bertz CT molecular complexity index is 239. The molecular formula is C11H16O. The maximum absolute atomic E-state index is 9.82. The Morgan fingerprint density at radius 2 is 2.17 bits per heavy atom. The lowest BCUT2D eigenvalue weighted by Gasteiger charge is -2.28. The van der Waals surface area contributed by atoms with Gasteiger partial charge in [0.1, 0.15) is 0 Å². The Morgan fingerprint density at radius 1 is 1.33 bits per heavy atom. The van der Waals surface area contributed by atoms with Crippen molar-refractivity contribution in [1.82, 2.24) is 0 Å².